The van der Waals surface area contributed by atoms with Crippen molar-refractivity contribution in [3.05, 3.63) is 35.4 Å². The van der Waals surface area contributed by atoms with E-state index in [0.717, 1.165) is 22.5 Å². The summed E-state index contributed by atoms with van der Waals surface area (Å²) in [6, 6.07) is 3.05. The van der Waals surface area contributed by atoms with E-state index in [1.54, 1.807) is 13.8 Å². The monoisotopic (exact) mass is 332 g/mol. The molecular formula is C14H18F2N2O3S. The van der Waals surface area contributed by atoms with Crippen molar-refractivity contribution >= 4 is 16.1 Å². The van der Waals surface area contributed by atoms with E-state index < -0.39 is 39.6 Å². The van der Waals surface area contributed by atoms with Crippen LogP contribution in [-0.2, 0) is 15.0 Å². The zero-order valence-corrected chi connectivity index (χ0v) is 13.2. The largest absolute Gasteiger partial charge is 0.303 e. The summed E-state index contributed by atoms with van der Waals surface area (Å²) in [7, 11) is -3.88. The number of halogens is 2. The summed E-state index contributed by atoms with van der Waals surface area (Å²) in [5.74, 6) is -2.99. The van der Waals surface area contributed by atoms with Gasteiger partial charge in [-0.3, -0.25) is 4.79 Å². The van der Waals surface area contributed by atoms with E-state index in [0.29, 0.717) is 6.42 Å². The molecule has 2 rings (SSSR count). The van der Waals surface area contributed by atoms with Gasteiger partial charge in [0, 0.05) is 19.0 Å². The number of hydrogen-bond acceptors (Lipinski definition) is 3. The number of benzene rings is 1. The van der Waals surface area contributed by atoms with Crippen LogP contribution in [0.25, 0.3) is 0 Å². The lowest BCUT2D eigenvalue weighted by atomic mass is 10.1. The molecule has 0 aliphatic heterocycles. The van der Waals surface area contributed by atoms with Gasteiger partial charge in [-0.25, -0.2) is 13.5 Å². The van der Waals surface area contributed by atoms with Gasteiger partial charge in [0.2, 0.25) is 5.91 Å². The highest BCUT2D eigenvalue weighted by Crippen LogP contribution is 2.48. The van der Waals surface area contributed by atoms with Crippen LogP contribution in [0.5, 0.6) is 0 Å². The van der Waals surface area contributed by atoms with Crippen molar-refractivity contribution in [3.8, 4) is 0 Å². The minimum Gasteiger partial charge on any atom is -0.274 e. The first kappa shape index (κ1) is 16.8. The average Bonchev–Trinajstić information content (AvgIpc) is 3.22. The zero-order valence-electron chi connectivity index (χ0n) is 12.3. The SMILES string of the molecule is CCN(CC)S(=O)(=O)NC(=O)[C@H]1C[C@@H]1c1cc(F)ccc1F. The van der Waals surface area contributed by atoms with Crippen LogP contribution < -0.4 is 4.72 Å². The number of nitrogens with zero attached hydrogens (tertiary/aromatic N) is 1. The normalized spacial score (nSPS) is 21.0. The molecule has 1 saturated carbocycles. The fraction of sp³-hybridized carbons (Fsp3) is 0.500. The maximum Gasteiger partial charge on any atom is 0.303 e. The zero-order chi connectivity index (χ0) is 16.5. The van der Waals surface area contributed by atoms with Crippen LogP contribution >= 0.6 is 0 Å². The number of hydrogen-bond donors (Lipinski definition) is 1. The van der Waals surface area contributed by atoms with Crippen LogP contribution in [0.3, 0.4) is 0 Å². The van der Waals surface area contributed by atoms with Crippen LogP contribution in [0, 0.1) is 17.6 Å². The van der Waals surface area contributed by atoms with Crippen molar-refractivity contribution in [2.24, 2.45) is 5.92 Å². The predicted octanol–water partition coefficient (Wildman–Crippen LogP) is 1.77. The predicted molar refractivity (Wildman–Crippen MR) is 77.2 cm³/mol. The smallest absolute Gasteiger partial charge is 0.274 e. The number of amides is 1. The van der Waals surface area contributed by atoms with E-state index in [9.17, 15) is 22.0 Å². The third-order valence-electron chi connectivity index (χ3n) is 3.76. The molecule has 0 aromatic heterocycles. The lowest BCUT2D eigenvalue weighted by Gasteiger charge is -2.18. The summed E-state index contributed by atoms with van der Waals surface area (Å²) in [5, 5.41) is 0. The summed E-state index contributed by atoms with van der Waals surface area (Å²) >= 11 is 0. The molecule has 8 heteroatoms. The van der Waals surface area contributed by atoms with Gasteiger partial charge in [0.1, 0.15) is 11.6 Å². The molecule has 5 nitrogen and oxygen atoms in total. The minimum atomic E-state index is -3.88. The molecule has 0 radical (unpaired) electrons. The van der Waals surface area contributed by atoms with Gasteiger partial charge in [0.25, 0.3) is 0 Å². The lowest BCUT2D eigenvalue weighted by molar-refractivity contribution is -0.120. The minimum absolute atomic E-state index is 0.111. The van der Waals surface area contributed by atoms with Gasteiger partial charge >= 0.3 is 10.2 Å². The van der Waals surface area contributed by atoms with Crippen LogP contribution in [0.15, 0.2) is 18.2 Å². The van der Waals surface area contributed by atoms with E-state index in [1.165, 1.54) is 0 Å². The maximum atomic E-state index is 13.6. The molecule has 1 aromatic rings. The van der Waals surface area contributed by atoms with Crippen LogP contribution in [-0.4, -0.2) is 31.7 Å². The Kier molecular flexibility index (Phi) is 4.81. The molecule has 1 aromatic carbocycles. The third kappa shape index (κ3) is 3.44. The lowest BCUT2D eigenvalue weighted by Crippen LogP contribution is -2.44. The molecule has 0 bridgehead atoms. The molecule has 22 heavy (non-hydrogen) atoms. The Morgan fingerprint density at radius 3 is 2.55 bits per heavy atom. The fourth-order valence-electron chi connectivity index (χ4n) is 2.46. The highest BCUT2D eigenvalue weighted by atomic mass is 32.2. The Labute approximate surface area is 128 Å². The molecule has 0 saturated heterocycles. The maximum absolute atomic E-state index is 13.6. The molecule has 1 N–H and O–H groups in total. The summed E-state index contributed by atoms with van der Waals surface area (Å²) in [6.45, 7) is 3.81. The molecule has 1 fully saturated rings. The van der Waals surface area contributed by atoms with E-state index in [4.69, 9.17) is 0 Å². The van der Waals surface area contributed by atoms with E-state index >= 15 is 0 Å². The van der Waals surface area contributed by atoms with Crippen LogP contribution in [0.4, 0.5) is 8.78 Å². The second-order valence-corrected chi connectivity index (χ2v) is 6.84. The number of carbonyl (C=O) groups is 1. The molecule has 122 valence electrons. The van der Waals surface area contributed by atoms with Crippen molar-refractivity contribution < 1.29 is 22.0 Å². The molecule has 0 heterocycles. The summed E-state index contributed by atoms with van der Waals surface area (Å²) in [4.78, 5) is 12.0. The van der Waals surface area contributed by atoms with Gasteiger partial charge in [-0.1, -0.05) is 13.8 Å². The topological polar surface area (TPSA) is 66.5 Å². The van der Waals surface area contributed by atoms with Crippen molar-refractivity contribution in [1.82, 2.24) is 9.03 Å². The van der Waals surface area contributed by atoms with E-state index in [-0.39, 0.29) is 18.7 Å². The van der Waals surface area contributed by atoms with Gasteiger partial charge < -0.3 is 0 Å². The molecule has 0 spiro atoms. The Balaban J connectivity index is 2.06. The van der Waals surface area contributed by atoms with Gasteiger partial charge in [-0.05, 0) is 36.1 Å². The third-order valence-corrected chi connectivity index (χ3v) is 5.41. The summed E-state index contributed by atoms with van der Waals surface area (Å²) in [5.41, 5.74) is 0.111. The van der Waals surface area contributed by atoms with Crippen molar-refractivity contribution in [1.29, 1.82) is 0 Å². The molecular weight excluding hydrogens is 314 g/mol. The Morgan fingerprint density at radius 1 is 1.32 bits per heavy atom. The number of rotatable bonds is 6. The van der Waals surface area contributed by atoms with Crippen LogP contribution in [0.1, 0.15) is 31.7 Å². The summed E-state index contributed by atoms with van der Waals surface area (Å²) < 4.78 is 53.8. The molecule has 1 amide bonds. The fourth-order valence-corrected chi connectivity index (χ4v) is 3.67. The molecule has 1 aliphatic carbocycles. The van der Waals surface area contributed by atoms with Gasteiger partial charge in [0.15, 0.2) is 0 Å². The van der Waals surface area contributed by atoms with Gasteiger partial charge in [-0.15, -0.1) is 0 Å². The number of nitrogens with one attached hydrogen (secondary N) is 1. The standard InChI is InChI=1S/C14H18F2N2O3S/c1-3-18(4-2)22(20,21)17-14(19)12-8-10(12)11-7-9(15)5-6-13(11)16/h5-7,10,12H,3-4,8H2,1-2H3,(H,17,19)/t10-,12+/m1/s1. The first-order chi connectivity index (χ1) is 10.3. The van der Waals surface area contributed by atoms with Crippen molar-refractivity contribution in [2.45, 2.75) is 26.2 Å². The van der Waals surface area contributed by atoms with Gasteiger partial charge in [-0.2, -0.15) is 12.7 Å². The second-order valence-electron chi connectivity index (χ2n) is 5.17. The average molecular weight is 332 g/mol. The molecule has 2 atom stereocenters. The molecule has 1 aliphatic rings. The highest BCUT2D eigenvalue weighted by Gasteiger charge is 2.46. The Morgan fingerprint density at radius 2 is 1.95 bits per heavy atom. The van der Waals surface area contributed by atoms with Crippen molar-refractivity contribution in [2.75, 3.05) is 13.1 Å². The first-order valence-electron chi connectivity index (χ1n) is 7.06. The number of carbonyl (C=O) groups excluding carboxylic acids is 1. The van der Waals surface area contributed by atoms with Crippen LogP contribution in [0.2, 0.25) is 0 Å². The first-order valence-corrected chi connectivity index (χ1v) is 8.50. The van der Waals surface area contributed by atoms with Crippen molar-refractivity contribution in [3.63, 3.8) is 0 Å². The highest BCUT2D eigenvalue weighted by molar-refractivity contribution is 7.87. The molecule has 0 unspecified atom stereocenters. The second kappa shape index (κ2) is 6.29. The Hall–Kier alpha value is -1.54. The van der Waals surface area contributed by atoms with Gasteiger partial charge in [0.05, 0.1) is 0 Å². The quantitative estimate of drug-likeness (QED) is 0.863. The Bertz CT molecular complexity index is 675. The van der Waals surface area contributed by atoms with E-state index in [1.807, 2.05) is 4.72 Å². The summed E-state index contributed by atoms with van der Waals surface area (Å²) in [6.07, 6.45) is 0.306. The van der Waals surface area contributed by atoms with E-state index in [2.05, 4.69) is 0 Å².